The number of aliphatic hydroxyl groups excluding tert-OH is 1. The lowest BCUT2D eigenvalue weighted by atomic mass is 10.0. The SMILES string of the molecule is CC1(C)CN(Cc2ccc(F)cc2Br)CC(CO)O1. The highest BCUT2D eigenvalue weighted by Gasteiger charge is 2.33. The number of benzene rings is 1. The van der Waals surface area contributed by atoms with Gasteiger partial charge in [-0.1, -0.05) is 22.0 Å². The summed E-state index contributed by atoms with van der Waals surface area (Å²) in [4.78, 5) is 2.22. The molecule has 1 saturated heterocycles. The van der Waals surface area contributed by atoms with Crippen LogP contribution >= 0.6 is 15.9 Å². The standard InChI is InChI=1S/C14H19BrFNO2/c1-14(2)9-17(7-12(8-18)19-14)6-10-3-4-11(16)5-13(10)15/h3-5,12,18H,6-9H2,1-2H3. The Bertz CT molecular complexity index is 453. The van der Waals surface area contributed by atoms with Crippen LogP contribution < -0.4 is 0 Å². The zero-order chi connectivity index (χ0) is 14.0. The van der Waals surface area contributed by atoms with Crippen LogP contribution in [0.5, 0.6) is 0 Å². The lowest BCUT2D eigenvalue weighted by Gasteiger charge is -2.42. The van der Waals surface area contributed by atoms with E-state index in [9.17, 15) is 9.50 Å². The minimum atomic E-state index is -0.280. The summed E-state index contributed by atoms with van der Waals surface area (Å²) in [6, 6.07) is 4.73. The van der Waals surface area contributed by atoms with Gasteiger partial charge < -0.3 is 9.84 Å². The van der Waals surface area contributed by atoms with Gasteiger partial charge in [0.2, 0.25) is 0 Å². The molecule has 1 N–H and O–H groups in total. The van der Waals surface area contributed by atoms with Gasteiger partial charge in [-0.25, -0.2) is 4.39 Å². The molecule has 0 amide bonds. The smallest absolute Gasteiger partial charge is 0.124 e. The van der Waals surface area contributed by atoms with Crippen molar-refractivity contribution in [2.24, 2.45) is 0 Å². The van der Waals surface area contributed by atoms with Gasteiger partial charge in [-0.3, -0.25) is 4.90 Å². The van der Waals surface area contributed by atoms with Crippen LogP contribution in [0.15, 0.2) is 22.7 Å². The first-order chi connectivity index (χ1) is 8.89. The molecular formula is C14H19BrFNO2. The van der Waals surface area contributed by atoms with Gasteiger partial charge in [0.15, 0.2) is 0 Å². The molecule has 1 aromatic rings. The molecular weight excluding hydrogens is 313 g/mol. The highest BCUT2D eigenvalue weighted by molar-refractivity contribution is 9.10. The Morgan fingerprint density at radius 2 is 2.26 bits per heavy atom. The van der Waals surface area contributed by atoms with Crippen molar-refractivity contribution in [3.05, 3.63) is 34.1 Å². The van der Waals surface area contributed by atoms with Crippen LogP contribution in [0.2, 0.25) is 0 Å². The van der Waals surface area contributed by atoms with Crippen LogP contribution in [0.25, 0.3) is 0 Å². The number of morpholine rings is 1. The Hall–Kier alpha value is -0.490. The second-order valence-electron chi connectivity index (χ2n) is 5.59. The fraction of sp³-hybridized carbons (Fsp3) is 0.571. The molecule has 0 radical (unpaired) electrons. The molecule has 1 atom stereocenters. The normalized spacial score (nSPS) is 23.5. The molecule has 3 nitrogen and oxygen atoms in total. The van der Waals surface area contributed by atoms with Gasteiger partial charge in [-0.05, 0) is 31.5 Å². The van der Waals surface area contributed by atoms with Crippen LogP contribution in [-0.4, -0.2) is 41.4 Å². The summed E-state index contributed by atoms with van der Waals surface area (Å²) in [6.07, 6.45) is -0.164. The van der Waals surface area contributed by atoms with Crippen molar-refractivity contribution in [1.82, 2.24) is 4.90 Å². The Labute approximate surface area is 121 Å². The number of hydrogen-bond acceptors (Lipinski definition) is 3. The van der Waals surface area contributed by atoms with E-state index < -0.39 is 0 Å². The molecule has 2 rings (SSSR count). The Morgan fingerprint density at radius 3 is 2.89 bits per heavy atom. The van der Waals surface area contributed by atoms with Crippen molar-refractivity contribution in [1.29, 1.82) is 0 Å². The third-order valence-corrected chi connectivity index (χ3v) is 3.90. The molecule has 0 aromatic heterocycles. The van der Waals surface area contributed by atoms with Crippen molar-refractivity contribution < 1.29 is 14.2 Å². The van der Waals surface area contributed by atoms with Crippen molar-refractivity contribution in [3.63, 3.8) is 0 Å². The average Bonchev–Trinajstić information content (AvgIpc) is 2.31. The molecule has 0 spiro atoms. The van der Waals surface area contributed by atoms with E-state index in [2.05, 4.69) is 20.8 Å². The zero-order valence-electron chi connectivity index (χ0n) is 11.2. The lowest BCUT2D eigenvalue weighted by molar-refractivity contribution is -0.150. The first-order valence-corrected chi connectivity index (χ1v) is 7.14. The maximum atomic E-state index is 13.1. The van der Waals surface area contributed by atoms with Crippen molar-refractivity contribution >= 4 is 15.9 Å². The summed E-state index contributed by atoms with van der Waals surface area (Å²) in [5.41, 5.74) is 0.758. The summed E-state index contributed by atoms with van der Waals surface area (Å²) in [5, 5.41) is 9.29. The molecule has 1 fully saturated rings. The topological polar surface area (TPSA) is 32.7 Å². The summed E-state index contributed by atoms with van der Waals surface area (Å²) in [7, 11) is 0. The van der Waals surface area contributed by atoms with Crippen LogP contribution in [0.3, 0.4) is 0 Å². The molecule has 1 aliphatic heterocycles. The molecule has 1 heterocycles. The lowest BCUT2D eigenvalue weighted by Crippen LogP contribution is -2.53. The van der Waals surface area contributed by atoms with E-state index in [0.717, 1.165) is 16.6 Å². The van der Waals surface area contributed by atoms with Gasteiger partial charge in [0, 0.05) is 24.1 Å². The number of aliphatic hydroxyl groups is 1. The molecule has 1 aliphatic rings. The number of rotatable bonds is 3. The second-order valence-corrected chi connectivity index (χ2v) is 6.44. The molecule has 0 aliphatic carbocycles. The van der Waals surface area contributed by atoms with E-state index in [1.807, 2.05) is 13.8 Å². The first-order valence-electron chi connectivity index (χ1n) is 6.34. The molecule has 0 saturated carbocycles. The molecule has 19 heavy (non-hydrogen) atoms. The molecule has 0 bridgehead atoms. The monoisotopic (exact) mass is 331 g/mol. The predicted octanol–water partition coefficient (Wildman–Crippen LogP) is 2.56. The van der Waals surface area contributed by atoms with E-state index in [1.54, 1.807) is 6.07 Å². The Morgan fingerprint density at radius 1 is 1.53 bits per heavy atom. The predicted molar refractivity (Wildman–Crippen MR) is 75.4 cm³/mol. The zero-order valence-corrected chi connectivity index (χ0v) is 12.8. The summed E-state index contributed by atoms with van der Waals surface area (Å²) < 4.78 is 19.6. The van der Waals surface area contributed by atoms with Crippen molar-refractivity contribution in [3.8, 4) is 0 Å². The third-order valence-electron chi connectivity index (χ3n) is 3.16. The highest BCUT2D eigenvalue weighted by atomic mass is 79.9. The van der Waals surface area contributed by atoms with E-state index in [0.29, 0.717) is 13.1 Å². The van der Waals surface area contributed by atoms with Gasteiger partial charge >= 0.3 is 0 Å². The number of halogens is 2. The molecule has 1 unspecified atom stereocenters. The van der Waals surface area contributed by atoms with E-state index in [4.69, 9.17) is 4.74 Å². The van der Waals surface area contributed by atoms with Crippen LogP contribution in [0.1, 0.15) is 19.4 Å². The van der Waals surface area contributed by atoms with Gasteiger partial charge in [-0.15, -0.1) is 0 Å². The minimum Gasteiger partial charge on any atom is -0.394 e. The largest absolute Gasteiger partial charge is 0.394 e. The maximum Gasteiger partial charge on any atom is 0.124 e. The summed E-state index contributed by atoms with van der Waals surface area (Å²) in [5.74, 6) is -0.244. The fourth-order valence-electron chi connectivity index (χ4n) is 2.52. The van der Waals surface area contributed by atoms with E-state index in [-0.39, 0.29) is 24.1 Å². The summed E-state index contributed by atoms with van der Waals surface area (Å²) in [6.45, 7) is 6.23. The summed E-state index contributed by atoms with van der Waals surface area (Å²) >= 11 is 3.39. The highest BCUT2D eigenvalue weighted by Crippen LogP contribution is 2.25. The maximum absolute atomic E-state index is 13.1. The van der Waals surface area contributed by atoms with E-state index >= 15 is 0 Å². The first kappa shape index (κ1) is 14.9. The molecule has 5 heteroatoms. The van der Waals surface area contributed by atoms with Crippen molar-refractivity contribution in [2.75, 3.05) is 19.7 Å². The van der Waals surface area contributed by atoms with Crippen molar-refractivity contribution in [2.45, 2.75) is 32.1 Å². The molecule has 106 valence electrons. The minimum absolute atomic E-state index is 0.0184. The van der Waals surface area contributed by atoms with Crippen LogP contribution in [0.4, 0.5) is 4.39 Å². The third kappa shape index (κ3) is 3.99. The van der Waals surface area contributed by atoms with Gasteiger partial charge in [0.1, 0.15) is 5.82 Å². The van der Waals surface area contributed by atoms with Gasteiger partial charge in [0.25, 0.3) is 0 Å². The fourth-order valence-corrected chi connectivity index (χ4v) is 3.00. The second kappa shape index (κ2) is 5.87. The van der Waals surface area contributed by atoms with Gasteiger partial charge in [-0.2, -0.15) is 0 Å². The Balaban J connectivity index is 2.09. The van der Waals surface area contributed by atoms with Crippen LogP contribution in [0, 0.1) is 5.82 Å². The van der Waals surface area contributed by atoms with E-state index in [1.165, 1.54) is 12.1 Å². The number of hydrogen-bond donors (Lipinski definition) is 1. The van der Waals surface area contributed by atoms with Crippen LogP contribution in [-0.2, 0) is 11.3 Å². The average molecular weight is 332 g/mol. The quantitative estimate of drug-likeness (QED) is 0.923. The molecule has 1 aromatic carbocycles. The number of ether oxygens (including phenoxy) is 1. The van der Waals surface area contributed by atoms with Gasteiger partial charge in [0.05, 0.1) is 18.3 Å². The Kier molecular flexibility index (Phi) is 4.61. The number of nitrogens with zero attached hydrogens (tertiary/aromatic N) is 1.